The van der Waals surface area contributed by atoms with Crippen LogP contribution in [0.5, 0.6) is 0 Å². The maximum atomic E-state index is 5.16. The predicted molar refractivity (Wildman–Crippen MR) is 184 cm³/mol. The van der Waals surface area contributed by atoms with E-state index in [1.54, 1.807) is 0 Å². The molecular weight excluding hydrogens is 546 g/mol. The van der Waals surface area contributed by atoms with E-state index in [0.29, 0.717) is 23.4 Å². The van der Waals surface area contributed by atoms with E-state index in [1.807, 2.05) is 0 Å². The topological polar surface area (TPSA) is 38.7 Å². The van der Waals surface area contributed by atoms with E-state index in [-0.39, 0.29) is 5.41 Å². The molecule has 7 aromatic rings. The molecule has 1 aromatic heterocycles. The van der Waals surface area contributed by atoms with Gasteiger partial charge in [0.15, 0.2) is 17.5 Å². The molecule has 9 rings (SSSR count). The second kappa shape index (κ2) is 9.54. The van der Waals surface area contributed by atoms with Crippen molar-refractivity contribution in [2.45, 2.75) is 32.1 Å². The lowest BCUT2D eigenvalue weighted by molar-refractivity contribution is 0.660. The highest BCUT2D eigenvalue weighted by Gasteiger charge is 2.35. The van der Waals surface area contributed by atoms with Crippen LogP contribution in [0.1, 0.15) is 48.9 Å². The number of hydrogen-bond acceptors (Lipinski definition) is 3. The molecule has 0 aliphatic heterocycles. The summed E-state index contributed by atoms with van der Waals surface area (Å²) >= 11 is 0. The van der Waals surface area contributed by atoms with E-state index < -0.39 is 0 Å². The Morgan fingerprint density at radius 3 is 1.76 bits per heavy atom. The molecule has 0 saturated carbocycles. The Labute approximate surface area is 263 Å². The monoisotopic (exact) mass is 577 g/mol. The van der Waals surface area contributed by atoms with Crippen molar-refractivity contribution in [2.24, 2.45) is 0 Å². The molecule has 6 aromatic carbocycles. The summed E-state index contributed by atoms with van der Waals surface area (Å²) in [6, 6.07) is 45.7. The third-order valence-electron chi connectivity index (χ3n) is 9.98. The van der Waals surface area contributed by atoms with E-state index >= 15 is 0 Å². The highest BCUT2D eigenvalue weighted by Crippen LogP contribution is 2.49. The maximum Gasteiger partial charge on any atom is 0.164 e. The van der Waals surface area contributed by atoms with Gasteiger partial charge in [-0.25, -0.2) is 15.0 Å². The van der Waals surface area contributed by atoms with Crippen LogP contribution in [0, 0.1) is 0 Å². The Hall–Kier alpha value is -5.41. The first-order valence-corrected chi connectivity index (χ1v) is 15.7. The van der Waals surface area contributed by atoms with Crippen LogP contribution >= 0.6 is 0 Å². The van der Waals surface area contributed by atoms with Gasteiger partial charge in [-0.3, -0.25) is 0 Å². The van der Waals surface area contributed by atoms with E-state index in [2.05, 4.69) is 148 Å². The van der Waals surface area contributed by atoms with Gasteiger partial charge in [-0.05, 0) is 73.5 Å². The number of benzene rings is 6. The summed E-state index contributed by atoms with van der Waals surface area (Å²) in [5.74, 6) is 2.38. The van der Waals surface area contributed by atoms with Crippen LogP contribution < -0.4 is 0 Å². The molecule has 1 heterocycles. The first-order valence-electron chi connectivity index (χ1n) is 15.7. The van der Waals surface area contributed by atoms with Gasteiger partial charge in [-0.15, -0.1) is 0 Å². The molecular formula is C42H31N3. The van der Waals surface area contributed by atoms with Crippen molar-refractivity contribution in [1.82, 2.24) is 15.0 Å². The van der Waals surface area contributed by atoms with Crippen molar-refractivity contribution in [1.29, 1.82) is 0 Å². The van der Waals surface area contributed by atoms with Gasteiger partial charge in [-0.1, -0.05) is 130 Å². The molecule has 0 saturated heterocycles. The summed E-state index contributed by atoms with van der Waals surface area (Å²) < 4.78 is 0. The lowest BCUT2D eigenvalue weighted by Crippen LogP contribution is -2.15. The molecule has 0 fully saturated rings. The average Bonchev–Trinajstić information content (AvgIpc) is 3.51. The van der Waals surface area contributed by atoms with Crippen molar-refractivity contribution in [3.8, 4) is 56.4 Å². The van der Waals surface area contributed by atoms with Crippen molar-refractivity contribution in [3.63, 3.8) is 0 Å². The van der Waals surface area contributed by atoms with Crippen LogP contribution in [0.2, 0.25) is 0 Å². The van der Waals surface area contributed by atoms with Gasteiger partial charge in [0.25, 0.3) is 0 Å². The molecule has 3 nitrogen and oxygen atoms in total. The molecule has 2 aliphatic carbocycles. The number of rotatable bonds is 3. The number of hydrogen-bond donors (Lipinski definition) is 0. The van der Waals surface area contributed by atoms with Crippen LogP contribution in [0.15, 0.2) is 127 Å². The molecule has 1 unspecified atom stereocenters. The normalized spacial score (nSPS) is 15.4. The molecule has 1 atom stereocenters. The van der Waals surface area contributed by atoms with Crippen molar-refractivity contribution >= 4 is 10.8 Å². The molecule has 0 bridgehead atoms. The smallest absolute Gasteiger partial charge is 0.164 e. The van der Waals surface area contributed by atoms with Crippen LogP contribution in [-0.4, -0.2) is 15.0 Å². The zero-order chi connectivity index (χ0) is 30.3. The first kappa shape index (κ1) is 26.0. The van der Waals surface area contributed by atoms with Crippen LogP contribution in [0.25, 0.3) is 67.2 Å². The fourth-order valence-corrected chi connectivity index (χ4v) is 7.53. The van der Waals surface area contributed by atoms with Gasteiger partial charge in [-0.2, -0.15) is 0 Å². The molecule has 3 heteroatoms. The molecule has 45 heavy (non-hydrogen) atoms. The molecule has 0 spiro atoms. The van der Waals surface area contributed by atoms with Gasteiger partial charge >= 0.3 is 0 Å². The highest BCUT2D eigenvalue weighted by molar-refractivity contribution is 5.87. The Kier molecular flexibility index (Phi) is 5.52. The summed E-state index contributed by atoms with van der Waals surface area (Å²) in [7, 11) is 0. The Bertz CT molecular complexity index is 2330. The summed E-state index contributed by atoms with van der Waals surface area (Å²) in [5.41, 5.74) is 13.5. The zero-order valence-corrected chi connectivity index (χ0v) is 25.5. The maximum absolute atomic E-state index is 5.16. The van der Waals surface area contributed by atoms with E-state index in [0.717, 1.165) is 16.7 Å². The predicted octanol–water partition coefficient (Wildman–Crippen LogP) is 10.5. The average molecular weight is 578 g/mol. The molecule has 2 aliphatic rings. The van der Waals surface area contributed by atoms with Gasteiger partial charge < -0.3 is 0 Å². The summed E-state index contributed by atoms with van der Waals surface area (Å²) in [4.78, 5) is 15.4. The minimum Gasteiger partial charge on any atom is -0.208 e. The SMILES string of the molecule is CC1c2ccccc2-c2ccc(-c3nc(-c4ccc5c(c4)C(C)(C)c4ccccc4-5)nc(-c4ccc5ccccc5c4)n3)cc21. The zero-order valence-electron chi connectivity index (χ0n) is 25.5. The molecule has 0 radical (unpaired) electrons. The largest absolute Gasteiger partial charge is 0.208 e. The van der Waals surface area contributed by atoms with Crippen LogP contribution in [0.3, 0.4) is 0 Å². The Morgan fingerprint density at radius 1 is 0.444 bits per heavy atom. The van der Waals surface area contributed by atoms with E-state index in [9.17, 15) is 0 Å². The number of aromatic nitrogens is 3. The number of nitrogens with zero attached hydrogens (tertiary/aromatic N) is 3. The molecule has 0 N–H and O–H groups in total. The van der Waals surface area contributed by atoms with Gasteiger partial charge in [0.05, 0.1) is 0 Å². The van der Waals surface area contributed by atoms with Gasteiger partial charge in [0, 0.05) is 28.0 Å². The lowest BCUT2D eigenvalue weighted by Gasteiger charge is -2.21. The summed E-state index contributed by atoms with van der Waals surface area (Å²) in [6.45, 7) is 6.91. The molecule has 214 valence electrons. The summed E-state index contributed by atoms with van der Waals surface area (Å²) in [5, 5.41) is 2.36. The van der Waals surface area contributed by atoms with E-state index in [4.69, 9.17) is 15.0 Å². The molecule has 0 amide bonds. The third kappa shape index (κ3) is 3.93. The lowest BCUT2D eigenvalue weighted by atomic mass is 9.82. The van der Waals surface area contributed by atoms with Crippen molar-refractivity contribution in [2.75, 3.05) is 0 Å². The van der Waals surface area contributed by atoms with Crippen LogP contribution in [-0.2, 0) is 5.41 Å². The first-order chi connectivity index (χ1) is 22.0. The van der Waals surface area contributed by atoms with Gasteiger partial charge in [0.1, 0.15) is 0 Å². The Morgan fingerprint density at radius 2 is 0.978 bits per heavy atom. The standard InChI is InChI=1S/C42H31N3/c1-25-31-12-6-7-13-32(31)33-20-18-29(23-36(25)33)40-43-39(28-17-16-26-10-4-5-11-27(26)22-28)44-41(45-40)30-19-21-35-34-14-8-9-15-37(34)42(2,3)38(35)24-30/h4-25H,1-3H3. The van der Waals surface area contributed by atoms with Gasteiger partial charge in [0.2, 0.25) is 0 Å². The van der Waals surface area contributed by atoms with Crippen LogP contribution in [0.4, 0.5) is 0 Å². The second-order valence-electron chi connectivity index (χ2n) is 12.9. The minimum atomic E-state index is -0.107. The quantitative estimate of drug-likeness (QED) is 0.210. The minimum absolute atomic E-state index is 0.107. The third-order valence-corrected chi connectivity index (χ3v) is 9.98. The van der Waals surface area contributed by atoms with Crippen molar-refractivity contribution < 1.29 is 0 Å². The highest BCUT2D eigenvalue weighted by atomic mass is 15.0. The Balaban J connectivity index is 1.22. The fourth-order valence-electron chi connectivity index (χ4n) is 7.53. The fraction of sp³-hybridized carbons (Fsp3) is 0.119. The van der Waals surface area contributed by atoms with Crippen molar-refractivity contribution in [3.05, 3.63) is 150 Å². The number of fused-ring (bicyclic) bond motifs is 7. The second-order valence-corrected chi connectivity index (χ2v) is 12.9. The van der Waals surface area contributed by atoms with E-state index in [1.165, 1.54) is 55.3 Å². The summed E-state index contributed by atoms with van der Waals surface area (Å²) in [6.07, 6.45) is 0.